The Morgan fingerprint density at radius 1 is 1.22 bits per heavy atom. The van der Waals surface area contributed by atoms with Gasteiger partial charge in [0, 0.05) is 30.6 Å². The van der Waals surface area contributed by atoms with Crippen molar-refractivity contribution in [2.24, 2.45) is 0 Å². The van der Waals surface area contributed by atoms with Gasteiger partial charge in [-0.25, -0.2) is 4.39 Å². The molecule has 2 unspecified atom stereocenters. The molecule has 2 heterocycles. The van der Waals surface area contributed by atoms with Crippen LogP contribution in [0.5, 0.6) is 0 Å². The van der Waals surface area contributed by atoms with Gasteiger partial charge in [0.1, 0.15) is 11.6 Å². The number of hydrogen-bond acceptors (Lipinski definition) is 2. The molecule has 2 aliphatic rings. The standard InChI is InChI=1S/C15H18FNO/c1-10-5-6-13(9-15(10)16)17-11-3-2-4-12(17)8-14(18)7-11/h5-6,9,11-12H,2-4,7-8H2,1H3. The highest BCUT2D eigenvalue weighted by atomic mass is 19.1. The number of hydrogen-bond donors (Lipinski definition) is 0. The Morgan fingerprint density at radius 2 is 1.89 bits per heavy atom. The van der Waals surface area contributed by atoms with Gasteiger partial charge in [0.15, 0.2) is 0 Å². The molecule has 1 aromatic carbocycles. The van der Waals surface area contributed by atoms with Crippen LogP contribution in [0.25, 0.3) is 0 Å². The molecule has 2 aliphatic heterocycles. The Morgan fingerprint density at radius 3 is 2.50 bits per heavy atom. The molecule has 0 spiro atoms. The quantitative estimate of drug-likeness (QED) is 0.759. The summed E-state index contributed by atoms with van der Waals surface area (Å²) in [7, 11) is 0. The van der Waals surface area contributed by atoms with Gasteiger partial charge in [0.25, 0.3) is 0 Å². The molecule has 0 amide bonds. The smallest absolute Gasteiger partial charge is 0.137 e. The molecular weight excluding hydrogens is 229 g/mol. The van der Waals surface area contributed by atoms with Crippen LogP contribution in [0.4, 0.5) is 10.1 Å². The van der Waals surface area contributed by atoms with E-state index in [1.54, 1.807) is 13.0 Å². The summed E-state index contributed by atoms with van der Waals surface area (Å²) in [6.45, 7) is 1.78. The van der Waals surface area contributed by atoms with Crippen molar-refractivity contribution in [1.29, 1.82) is 0 Å². The molecule has 1 aromatic rings. The maximum absolute atomic E-state index is 13.7. The number of benzene rings is 1. The number of rotatable bonds is 1. The number of carbonyl (C=O) groups is 1. The second-order valence-corrected chi connectivity index (χ2v) is 5.53. The average molecular weight is 247 g/mol. The number of halogens is 1. The van der Waals surface area contributed by atoms with Crippen LogP contribution in [-0.4, -0.2) is 17.9 Å². The lowest BCUT2D eigenvalue weighted by Crippen LogP contribution is -2.52. The van der Waals surface area contributed by atoms with Gasteiger partial charge in [-0.1, -0.05) is 6.07 Å². The van der Waals surface area contributed by atoms with E-state index in [4.69, 9.17) is 0 Å². The van der Waals surface area contributed by atoms with E-state index >= 15 is 0 Å². The second-order valence-electron chi connectivity index (χ2n) is 5.53. The van der Waals surface area contributed by atoms with Crippen LogP contribution in [0.1, 0.15) is 37.7 Å². The normalized spacial score (nSPS) is 27.4. The lowest BCUT2D eigenvalue weighted by Gasteiger charge is -2.47. The lowest BCUT2D eigenvalue weighted by atomic mass is 9.83. The SMILES string of the molecule is Cc1ccc(N2C3CCCC2CC(=O)C3)cc1F. The molecule has 3 heteroatoms. The second kappa shape index (κ2) is 4.38. The van der Waals surface area contributed by atoms with Crippen LogP contribution in [-0.2, 0) is 4.79 Å². The van der Waals surface area contributed by atoms with Crippen molar-refractivity contribution >= 4 is 11.5 Å². The molecule has 0 aliphatic carbocycles. The van der Waals surface area contributed by atoms with E-state index in [1.165, 1.54) is 6.42 Å². The summed E-state index contributed by atoms with van der Waals surface area (Å²) < 4.78 is 13.7. The molecule has 2 nitrogen and oxygen atoms in total. The van der Waals surface area contributed by atoms with Crippen molar-refractivity contribution in [1.82, 2.24) is 0 Å². The molecule has 0 radical (unpaired) electrons. The molecular formula is C15H18FNO. The summed E-state index contributed by atoms with van der Waals surface area (Å²) in [6, 6.07) is 6.01. The van der Waals surface area contributed by atoms with E-state index in [2.05, 4.69) is 4.90 Å². The molecule has 3 rings (SSSR count). The first kappa shape index (κ1) is 11.7. The third-order valence-corrected chi connectivity index (χ3v) is 4.24. The topological polar surface area (TPSA) is 20.3 Å². The van der Waals surface area contributed by atoms with Crippen molar-refractivity contribution < 1.29 is 9.18 Å². The Kier molecular flexibility index (Phi) is 2.84. The minimum absolute atomic E-state index is 0.150. The van der Waals surface area contributed by atoms with Crippen LogP contribution in [0.15, 0.2) is 18.2 Å². The summed E-state index contributed by atoms with van der Waals surface area (Å²) in [5, 5.41) is 0. The van der Waals surface area contributed by atoms with Gasteiger partial charge in [0.05, 0.1) is 0 Å². The highest BCUT2D eigenvalue weighted by Crippen LogP contribution is 2.36. The zero-order valence-electron chi connectivity index (χ0n) is 10.7. The maximum Gasteiger partial charge on any atom is 0.137 e. The van der Waals surface area contributed by atoms with Gasteiger partial charge in [-0.2, -0.15) is 0 Å². The molecule has 0 aromatic heterocycles. The number of fused-ring (bicyclic) bond motifs is 2. The minimum atomic E-state index is -0.150. The number of anilines is 1. The summed E-state index contributed by atoms with van der Waals surface area (Å²) in [4.78, 5) is 14.0. The van der Waals surface area contributed by atoms with E-state index in [0.29, 0.717) is 24.2 Å². The third-order valence-electron chi connectivity index (χ3n) is 4.24. The van der Waals surface area contributed by atoms with Crippen molar-refractivity contribution in [2.45, 2.75) is 51.1 Å². The summed E-state index contributed by atoms with van der Waals surface area (Å²) in [5.41, 5.74) is 1.62. The first-order valence-corrected chi connectivity index (χ1v) is 6.71. The molecule has 0 saturated carbocycles. The van der Waals surface area contributed by atoms with Crippen molar-refractivity contribution in [3.05, 3.63) is 29.6 Å². The highest BCUT2D eigenvalue weighted by molar-refractivity contribution is 5.82. The predicted octanol–water partition coefficient (Wildman–Crippen LogP) is 3.22. The van der Waals surface area contributed by atoms with Gasteiger partial charge in [0.2, 0.25) is 0 Å². The molecule has 0 N–H and O–H groups in total. The number of Topliss-reactive ketones (excluding diaryl/α,β-unsaturated/α-hetero) is 1. The van der Waals surface area contributed by atoms with E-state index < -0.39 is 0 Å². The van der Waals surface area contributed by atoms with Gasteiger partial charge in [-0.05, 0) is 43.9 Å². The third kappa shape index (κ3) is 1.92. The number of aryl methyl sites for hydroxylation is 1. The lowest BCUT2D eigenvalue weighted by molar-refractivity contribution is -0.121. The fourth-order valence-corrected chi connectivity index (χ4v) is 3.34. The number of carbonyl (C=O) groups excluding carboxylic acids is 1. The van der Waals surface area contributed by atoms with E-state index in [9.17, 15) is 9.18 Å². The molecule has 2 atom stereocenters. The van der Waals surface area contributed by atoms with Gasteiger partial charge < -0.3 is 4.90 Å². The first-order chi connectivity index (χ1) is 8.65. The van der Waals surface area contributed by atoms with Crippen LogP contribution in [0.3, 0.4) is 0 Å². The van der Waals surface area contributed by atoms with E-state index in [1.807, 2.05) is 12.1 Å². The Balaban J connectivity index is 1.95. The number of ketones is 1. The summed E-state index contributed by atoms with van der Waals surface area (Å²) >= 11 is 0. The molecule has 18 heavy (non-hydrogen) atoms. The number of nitrogens with zero attached hydrogens (tertiary/aromatic N) is 1. The van der Waals surface area contributed by atoms with Gasteiger partial charge in [-0.3, -0.25) is 4.79 Å². The van der Waals surface area contributed by atoms with Crippen LogP contribution >= 0.6 is 0 Å². The number of piperidine rings is 2. The zero-order valence-corrected chi connectivity index (χ0v) is 10.7. The summed E-state index contributed by atoms with van der Waals surface area (Å²) in [5.74, 6) is 0.219. The summed E-state index contributed by atoms with van der Waals surface area (Å²) in [6.07, 6.45) is 4.56. The average Bonchev–Trinajstić information content (AvgIpc) is 2.32. The van der Waals surface area contributed by atoms with Crippen LogP contribution in [0.2, 0.25) is 0 Å². The van der Waals surface area contributed by atoms with Crippen LogP contribution in [0, 0.1) is 12.7 Å². The first-order valence-electron chi connectivity index (χ1n) is 6.71. The van der Waals surface area contributed by atoms with Gasteiger partial charge in [-0.15, -0.1) is 0 Å². The van der Waals surface area contributed by atoms with E-state index in [0.717, 1.165) is 18.5 Å². The Labute approximate surface area is 107 Å². The van der Waals surface area contributed by atoms with Gasteiger partial charge >= 0.3 is 0 Å². The van der Waals surface area contributed by atoms with Crippen LogP contribution < -0.4 is 4.90 Å². The molecule has 2 fully saturated rings. The molecule has 96 valence electrons. The van der Waals surface area contributed by atoms with E-state index in [-0.39, 0.29) is 17.9 Å². The Bertz CT molecular complexity index is 469. The maximum atomic E-state index is 13.7. The largest absolute Gasteiger partial charge is 0.365 e. The highest BCUT2D eigenvalue weighted by Gasteiger charge is 2.37. The van der Waals surface area contributed by atoms with Crippen molar-refractivity contribution in [3.8, 4) is 0 Å². The van der Waals surface area contributed by atoms with Crippen molar-refractivity contribution in [2.75, 3.05) is 4.90 Å². The fourth-order valence-electron chi connectivity index (χ4n) is 3.34. The molecule has 2 bridgehead atoms. The minimum Gasteiger partial charge on any atom is -0.365 e. The monoisotopic (exact) mass is 247 g/mol. The zero-order chi connectivity index (χ0) is 12.7. The Hall–Kier alpha value is -1.38. The fraction of sp³-hybridized carbons (Fsp3) is 0.533. The van der Waals surface area contributed by atoms with Crippen molar-refractivity contribution in [3.63, 3.8) is 0 Å². The predicted molar refractivity (Wildman–Crippen MR) is 69.3 cm³/mol. The molecule has 2 saturated heterocycles.